The van der Waals surface area contributed by atoms with Gasteiger partial charge in [-0.05, 0) is 24.3 Å². The van der Waals surface area contributed by atoms with E-state index in [1.807, 2.05) is 0 Å². The van der Waals surface area contributed by atoms with E-state index in [2.05, 4.69) is 16.0 Å². The van der Waals surface area contributed by atoms with Crippen LogP contribution in [0.15, 0.2) is 24.3 Å². The lowest BCUT2D eigenvalue weighted by Gasteiger charge is -2.12. The molecule has 86 valence electrons. The summed E-state index contributed by atoms with van der Waals surface area (Å²) in [6.45, 7) is 0.895. The Kier molecular flexibility index (Phi) is 3.63. The first-order valence-electron chi connectivity index (χ1n) is 4.92. The molecule has 1 aliphatic rings. The molecule has 0 spiro atoms. The van der Waals surface area contributed by atoms with Crippen LogP contribution >= 0.6 is 11.8 Å². The molecule has 1 atom stereocenters. The standard InChI is InChI=1S/C10H12FN3OS/c11-7-1-3-8(4-2-7)13-9(15)14-10-12-5-6-16-10/h1-4,10,12H,5-6H2,(H2,13,14,15). The Labute approximate surface area is 97.0 Å². The van der Waals surface area contributed by atoms with Gasteiger partial charge in [0, 0.05) is 18.0 Å². The molecule has 0 saturated carbocycles. The molecule has 0 aromatic heterocycles. The lowest BCUT2D eigenvalue weighted by atomic mass is 10.3. The third-order valence-electron chi connectivity index (χ3n) is 2.08. The molecule has 1 aromatic carbocycles. The van der Waals surface area contributed by atoms with Gasteiger partial charge in [-0.2, -0.15) is 0 Å². The maximum absolute atomic E-state index is 12.6. The Morgan fingerprint density at radius 2 is 2.19 bits per heavy atom. The molecule has 4 nitrogen and oxygen atoms in total. The van der Waals surface area contributed by atoms with E-state index in [4.69, 9.17) is 0 Å². The quantitative estimate of drug-likeness (QED) is 0.736. The van der Waals surface area contributed by atoms with E-state index < -0.39 is 0 Å². The summed E-state index contributed by atoms with van der Waals surface area (Å²) < 4.78 is 12.6. The van der Waals surface area contributed by atoms with E-state index in [0.717, 1.165) is 12.3 Å². The zero-order valence-corrected chi connectivity index (χ0v) is 9.31. The van der Waals surface area contributed by atoms with E-state index in [1.54, 1.807) is 11.8 Å². The molecular weight excluding hydrogens is 229 g/mol. The van der Waals surface area contributed by atoms with Crippen LogP contribution in [0.3, 0.4) is 0 Å². The second kappa shape index (κ2) is 5.18. The number of carbonyl (C=O) groups is 1. The van der Waals surface area contributed by atoms with E-state index in [9.17, 15) is 9.18 Å². The minimum Gasteiger partial charge on any atom is -0.313 e. The highest BCUT2D eigenvalue weighted by Crippen LogP contribution is 2.11. The van der Waals surface area contributed by atoms with Crippen molar-refractivity contribution in [1.82, 2.24) is 10.6 Å². The zero-order chi connectivity index (χ0) is 11.4. The fraction of sp³-hybridized carbons (Fsp3) is 0.300. The second-order valence-corrected chi connectivity index (χ2v) is 4.52. The highest BCUT2D eigenvalue weighted by Gasteiger charge is 2.16. The van der Waals surface area contributed by atoms with Gasteiger partial charge in [-0.15, -0.1) is 11.8 Å². The first-order valence-corrected chi connectivity index (χ1v) is 5.97. The van der Waals surface area contributed by atoms with Crippen molar-refractivity contribution in [3.63, 3.8) is 0 Å². The fourth-order valence-electron chi connectivity index (χ4n) is 1.34. The van der Waals surface area contributed by atoms with Crippen molar-refractivity contribution < 1.29 is 9.18 Å². The van der Waals surface area contributed by atoms with Crippen LogP contribution in [-0.2, 0) is 0 Å². The smallest absolute Gasteiger partial charge is 0.313 e. The summed E-state index contributed by atoms with van der Waals surface area (Å²) in [5.41, 5.74) is 0.530. The lowest BCUT2D eigenvalue weighted by Crippen LogP contribution is -2.41. The van der Waals surface area contributed by atoms with Crippen LogP contribution < -0.4 is 16.0 Å². The minimum absolute atomic E-state index is 0.0413. The van der Waals surface area contributed by atoms with Gasteiger partial charge in [-0.3, -0.25) is 5.32 Å². The number of hydrogen-bond donors (Lipinski definition) is 3. The summed E-state index contributed by atoms with van der Waals surface area (Å²) in [6, 6.07) is 5.35. The van der Waals surface area contributed by atoms with Crippen molar-refractivity contribution in [3.05, 3.63) is 30.1 Å². The molecule has 1 fully saturated rings. The number of hydrogen-bond acceptors (Lipinski definition) is 3. The SMILES string of the molecule is O=C(Nc1ccc(F)cc1)NC1NCCS1. The Balaban J connectivity index is 1.84. The van der Waals surface area contributed by atoms with Crippen molar-refractivity contribution >= 4 is 23.5 Å². The molecule has 1 unspecified atom stereocenters. The van der Waals surface area contributed by atoms with Crippen LogP contribution in [0.4, 0.5) is 14.9 Å². The summed E-state index contributed by atoms with van der Waals surface area (Å²) in [7, 11) is 0. The van der Waals surface area contributed by atoms with Gasteiger partial charge in [0.1, 0.15) is 11.3 Å². The monoisotopic (exact) mass is 241 g/mol. The minimum atomic E-state index is -0.320. The largest absolute Gasteiger partial charge is 0.321 e. The number of halogens is 1. The van der Waals surface area contributed by atoms with Gasteiger partial charge in [0.2, 0.25) is 0 Å². The summed E-state index contributed by atoms with van der Waals surface area (Å²) in [6.07, 6.45) is 0. The van der Waals surface area contributed by atoms with Crippen LogP contribution in [0.25, 0.3) is 0 Å². The fourth-order valence-corrected chi connectivity index (χ4v) is 2.24. The molecule has 16 heavy (non-hydrogen) atoms. The summed E-state index contributed by atoms with van der Waals surface area (Å²) in [5.74, 6) is 0.667. The van der Waals surface area contributed by atoms with Crippen LogP contribution in [0.1, 0.15) is 0 Å². The Morgan fingerprint density at radius 3 is 2.81 bits per heavy atom. The number of nitrogens with one attached hydrogen (secondary N) is 3. The maximum Gasteiger partial charge on any atom is 0.321 e. The Hall–Kier alpha value is -1.27. The average Bonchev–Trinajstić information content (AvgIpc) is 2.74. The van der Waals surface area contributed by atoms with E-state index in [0.29, 0.717) is 5.69 Å². The molecule has 3 N–H and O–H groups in total. The third-order valence-corrected chi connectivity index (χ3v) is 3.14. The highest BCUT2D eigenvalue weighted by atomic mass is 32.2. The number of carbonyl (C=O) groups excluding carboxylic acids is 1. The molecule has 1 heterocycles. The molecule has 2 rings (SSSR count). The number of rotatable bonds is 2. The normalized spacial score (nSPS) is 19.4. The zero-order valence-electron chi connectivity index (χ0n) is 8.50. The summed E-state index contributed by atoms with van der Waals surface area (Å²) >= 11 is 1.64. The number of thioether (sulfide) groups is 1. The van der Waals surface area contributed by atoms with Crippen molar-refractivity contribution in [1.29, 1.82) is 0 Å². The highest BCUT2D eigenvalue weighted by molar-refractivity contribution is 8.00. The van der Waals surface area contributed by atoms with E-state index in [-0.39, 0.29) is 17.3 Å². The Bertz CT molecular complexity index is 365. The van der Waals surface area contributed by atoms with Crippen LogP contribution in [0.5, 0.6) is 0 Å². The van der Waals surface area contributed by atoms with Gasteiger partial charge < -0.3 is 10.6 Å². The molecule has 1 aliphatic heterocycles. The van der Waals surface area contributed by atoms with Crippen LogP contribution in [-0.4, -0.2) is 23.8 Å². The van der Waals surface area contributed by atoms with Gasteiger partial charge in [0.15, 0.2) is 0 Å². The van der Waals surface area contributed by atoms with Gasteiger partial charge >= 0.3 is 6.03 Å². The molecule has 1 aromatic rings. The molecule has 0 aliphatic carbocycles. The number of urea groups is 1. The first-order chi connectivity index (χ1) is 7.74. The molecule has 2 amide bonds. The van der Waals surface area contributed by atoms with Crippen molar-refractivity contribution in [2.24, 2.45) is 0 Å². The first kappa shape index (κ1) is 11.2. The lowest BCUT2D eigenvalue weighted by molar-refractivity contribution is 0.250. The molecular formula is C10H12FN3OS. The van der Waals surface area contributed by atoms with Gasteiger partial charge in [0.25, 0.3) is 0 Å². The van der Waals surface area contributed by atoms with E-state index in [1.165, 1.54) is 24.3 Å². The van der Waals surface area contributed by atoms with Gasteiger partial charge in [0.05, 0.1) is 0 Å². The summed E-state index contributed by atoms with van der Waals surface area (Å²) in [5, 5.41) is 8.49. The number of anilines is 1. The molecule has 1 saturated heterocycles. The third kappa shape index (κ3) is 3.11. The predicted octanol–water partition coefficient (Wildman–Crippen LogP) is 1.57. The van der Waals surface area contributed by atoms with Crippen LogP contribution in [0.2, 0.25) is 0 Å². The second-order valence-electron chi connectivity index (χ2n) is 3.31. The van der Waals surface area contributed by atoms with Crippen molar-refractivity contribution in [2.75, 3.05) is 17.6 Å². The topological polar surface area (TPSA) is 53.2 Å². The number of benzene rings is 1. The average molecular weight is 241 g/mol. The maximum atomic E-state index is 12.6. The van der Waals surface area contributed by atoms with Gasteiger partial charge in [-0.1, -0.05) is 0 Å². The van der Waals surface area contributed by atoms with Crippen molar-refractivity contribution in [3.8, 4) is 0 Å². The van der Waals surface area contributed by atoms with Crippen molar-refractivity contribution in [2.45, 2.75) is 5.50 Å². The number of amides is 2. The molecule has 0 bridgehead atoms. The molecule has 6 heteroatoms. The summed E-state index contributed by atoms with van der Waals surface area (Å²) in [4.78, 5) is 11.5. The Morgan fingerprint density at radius 1 is 1.44 bits per heavy atom. The van der Waals surface area contributed by atoms with Crippen LogP contribution in [0, 0.1) is 5.82 Å². The molecule has 0 radical (unpaired) electrons. The van der Waals surface area contributed by atoms with E-state index >= 15 is 0 Å². The van der Waals surface area contributed by atoms with Gasteiger partial charge in [-0.25, -0.2) is 9.18 Å². The predicted molar refractivity (Wildman–Crippen MR) is 62.8 cm³/mol.